The van der Waals surface area contributed by atoms with Gasteiger partial charge in [0.1, 0.15) is 0 Å². The minimum atomic E-state index is -0.299. The molecule has 0 fully saturated rings. The Bertz CT molecular complexity index is 179. The van der Waals surface area contributed by atoms with Gasteiger partial charge in [-0.15, -0.1) is 0 Å². The van der Waals surface area contributed by atoms with Crippen molar-refractivity contribution in [1.82, 2.24) is 5.32 Å². The van der Waals surface area contributed by atoms with Crippen LogP contribution < -0.4 is 11.1 Å². The first-order valence-corrected chi connectivity index (χ1v) is 5.06. The van der Waals surface area contributed by atoms with E-state index in [2.05, 4.69) is 5.32 Å². The maximum Gasteiger partial charge on any atom is 0.218 e. The summed E-state index contributed by atoms with van der Waals surface area (Å²) in [5.41, 5.74) is 4.96. The summed E-state index contributed by atoms with van der Waals surface area (Å²) < 4.78 is 0. The van der Waals surface area contributed by atoms with Crippen molar-refractivity contribution in [2.24, 2.45) is 11.1 Å². The van der Waals surface area contributed by atoms with Crippen molar-refractivity contribution in [3.63, 3.8) is 0 Å². The second-order valence-electron chi connectivity index (χ2n) is 4.27. The van der Waals surface area contributed by atoms with E-state index in [4.69, 9.17) is 10.8 Å². The van der Waals surface area contributed by atoms with Crippen LogP contribution >= 0.6 is 0 Å². The molecule has 0 saturated carbocycles. The zero-order valence-electron chi connectivity index (χ0n) is 9.34. The molecular formula is C10H22N2O2. The van der Waals surface area contributed by atoms with Crippen LogP contribution in [0, 0.1) is 5.41 Å². The van der Waals surface area contributed by atoms with E-state index in [1.807, 2.05) is 20.8 Å². The Balaban J connectivity index is 3.85. The average molecular weight is 202 g/mol. The molecule has 84 valence electrons. The number of hydrogen-bond donors (Lipinski definition) is 3. The summed E-state index contributed by atoms with van der Waals surface area (Å²) in [7, 11) is 0. The number of amides is 1. The molecule has 4 N–H and O–H groups in total. The first-order chi connectivity index (χ1) is 6.43. The Hall–Kier alpha value is -0.610. The van der Waals surface area contributed by atoms with E-state index in [0.29, 0.717) is 13.0 Å². The molecule has 2 atom stereocenters. The van der Waals surface area contributed by atoms with Gasteiger partial charge in [-0.2, -0.15) is 0 Å². The fraction of sp³-hybridized carbons (Fsp3) is 0.900. The largest absolute Gasteiger partial charge is 0.396 e. The Kier molecular flexibility index (Phi) is 5.72. The number of aliphatic hydroxyl groups is 1. The SMILES string of the molecule is CCC(C)(CO)CNC(C)CC(N)=O. The molecule has 14 heavy (non-hydrogen) atoms. The fourth-order valence-corrected chi connectivity index (χ4v) is 1.09. The third-order valence-corrected chi connectivity index (χ3v) is 2.62. The molecule has 0 aromatic heterocycles. The van der Waals surface area contributed by atoms with Crippen molar-refractivity contribution in [1.29, 1.82) is 0 Å². The third-order valence-electron chi connectivity index (χ3n) is 2.62. The van der Waals surface area contributed by atoms with Crippen molar-refractivity contribution in [2.45, 2.75) is 39.7 Å². The zero-order chi connectivity index (χ0) is 11.2. The molecule has 0 aliphatic rings. The zero-order valence-corrected chi connectivity index (χ0v) is 9.34. The molecule has 0 spiro atoms. The number of nitrogens with two attached hydrogens (primary N) is 1. The van der Waals surface area contributed by atoms with Crippen LogP contribution in [0.25, 0.3) is 0 Å². The minimum Gasteiger partial charge on any atom is -0.396 e. The van der Waals surface area contributed by atoms with Gasteiger partial charge in [-0.05, 0) is 13.3 Å². The maximum atomic E-state index is 10.6. The predicted molar refractivity (Wildman–Crippen MR) is 56.8 cm³/mol. The monoisotopic (exact) mass is 202 g/mol. The first kappa shape index (κ1) is 13.4. The van der Waals surface area contributed by atoms with Crippen LogP contribution in [0.1, 0.15) is 33.6 Å². The number of carbonyl (C=O) groups excluding carboxylic acids is 1. The average Bonchev–Trinajstić information content (AvgIpc) is 2.13. The van der Waals surface area contributed by atoms with E-state index >= 15 is 0 Å². The summed E-state index contributed by atoms with van der Waals surface area (Å²) in [5, 5.41) is 12.3. The van der Waals surface area contributed by atoms with Crippen molar-refractivity contribution in [2.75, 3.05) is 13.2 Å². The van der Waals surface area contributed by atoms with Gasteiger partial charge < -0.3 is 16.2 Å². The number of primary amides is 1. The molecule has 0 radical (unpaired) electrons. The van der Waals surface area contributed by atoms with Crippen LogP contribution in [0.4, 0.5) is 0 Å². The highest BCUT2D eigenvalue weighted by Crippen LogP contribution is 2.18. The summed E-state index contributed by atoms with van der Waals surface area (Å²) in [4.78, 5) is 10.6. The Morgan fingerprint density at radius 3 is 2.57 bits per heavy atom. The van der Waals surface area contributed by atoms with Crippen molar-refractivity contribution < 1.29 is 9.90 Å². The van der Waals surface area contributed by atoms with Crippen LogP contribution in [-0.2, 0) is 4.79 Å². The van der Waals surface area contributed by atoms with Crippen molar-refractivity contribution >= 4 is 5.91 Å². The van der Waals surface area contributed by atoms with Crippen molar-refractivity contribution in [3.05, 3.63) is 0 Å². The van der Waals surface area contributed by atoms with Gasteiger partial charge in [-0.1, -0.05) is 13.8 Å². The number of carbonyl (C=O) groups is 1. The Morgan fingerprint density at radius 2 is 2.21 bits per heavy atom. The highest BCUT2D eigenvalue weighted by atomic mass is 16.3. The Labute approximate surface area is 85.9 Å². The molecule has 0 saturated heterocycles. The minimum absolute atomic E-state index is 0.0740. The lowest BCUT2D eigenvalue weighted by Crippen LogP contribution is -2.40. The fourth-order valence-electron chi connectivity index (χ4n) is 1.09. The number of hydrogen-bond acceptors (Lipinski definition) is 3. The molecule has 4 heteroatoms. The molecule has 0 rings (SSSR count). The summed E-state index contributed by atoms with van der Waals surface area (Å²) in [6, 6.07) is 0.0740. The van der Waals surface area contributed by atoms with E-state index in [-0.39, 0.29) is 24.0 Å². The second kappa shape index (κ2) is 5.98. The highest BCUT2D eigenvalue weighted by Gasteiger charge is 2.21. The van der Waals surface area contributed by atoms with Crippen LogP contribution in [-0.4, -0.2) is 30.2 Å². The van der Waals surface area contributed by atoms with Gasteiger partial charge in [-0.3, -0.25) is 4.79 Å². The highest BCUT2D eigenvalue weighted by molar-refractivity contribution is 5.74. The topological polar surface area (TPSA) is 75.3 Å². The van der Waals surface area contributed by atoms with Gasteiger partial charge in [0.05, 0.1) is 0 Å². The lowest BCUT2D eigenvalue weighted by Gasteiger charge is -2.27. The van der Waals surface area contributed by atoms with Crippen LogP contribution in [0.3, 0.4) is 0 Å². The molecule has 0 bridgehead atoms. The van der Waals surface area contributed by atoms with E-state index < -0.39 is 0 Å². The van der Waals surface area contributed by atoms with Gasteiger partial charge in [0, 0.05) is 31.0 Å². The number of nitrogens with one attached hydrogen (secondary N) is 1. The summed E-state index contributed by atoms with van der Waals surface area (Å²) in [6.45, 7) is 6.82. The van der Waals surface area contributed by atoms with E-state index in [9.17, 15) is 4.79 Å². The molecular weight excluding hydrogens is 180 g/mol. The summed E-state index contributed by atoms with van der Waals surface area (Å²) >= 11 is 0. The van der Waals surface area contributed by atoms with Gasteiger partial charge in [0.25, 0.3) is 0 Å². The molecule has 2 unspecified atom stereocenters. The smallest absolute Gasteiger partial charge is 0.218 e. The quantitative estimate of drug-likeness (QED) is 0.554. The van der Waals surface area contributed by atoms with Gasteiger partial charge >= 0.3 is 0 Å². The van der Waals surface area contributed by atoms with Crippen molar-refractivity contribution in [3.8, 4) is 0 Å². The van der Waals surface area contributed by atoms with Crippen LogP contribution in [0.5, 0.6) is 0 Å². The molecule has 1 amide bonds. The number of rotatable bonds is 7. The van der Waals surface area contributed by atoms with Gasteiger partial charge in [0.2, 0.25) is 5.91 Å². The first-order valence-electron chi connectivity index (χ1n) is 5.06. The maximum absolute atomic E-state index is 10.6. The van der Waals surface area contributed by atoms with Crippen LogP contribution in [0.2, 0.25) is 0 Å². The Morgan fingerprint density at radius 1 is 1.64 bits per heavy atom. The van der Waals surface area contributed by atoms with Gasteiger partial charge in [-0.25, -0.2) is 0 Å². The van der Waals surface area contributed by atoms with Crippen LogP contribution in [0.15, 0.2) is 0 Å². The second-order valence-corrected chi connectivity index (χ2v) is 4.27. The van der Waals surface area contributed by atoms with Gasteiger partial charge in [0.15, 0.2) is 0 Å². The lowest BCUT2D eigenvalue weighted by molar-refractivity contribution is -0.118. The summed E-state index contributed by atoms with van der Waals surface area (Å²) in [6.07, 6.45) is 1.24. The van der Waals surface area contributed by atoms with E-state index in [1.165, 1.54) is 0 Å². The normalized spacial score (nSPS) is 17.4. The standard InChI is InChI=1S/C10H22N2O2/c1-4-10(3,7-13)6-12-8(2)5-9(11)14/h8,12-13H,4-7H2,1-3H3,(H2,11,14). The molecule has 0 aliphatic carbocycles. The molecule has 0 heterocycles. The third kappa shape index (κ3) is 5.19. The van der Waals surface area contributed by atoms with E-state index in [1.54, 1.807) is 0 Å². The molecule has 0 aromatic carbocycles. The summed E-state index contributed by atoms with van der Waals surface area (Å²) in [5.74, 6) is -0.299. The predicted octanol–water partition coefficient (Wildman–Crippen LogP) is 0.248. The van der Waals surface area contributed by atoms with E-state index in [0.717, 1.165) is 6.42 Å². The molecule has 0 aliphatic heterocycles. The molecule has 4 nitrogen and oxygen atoms in total. The molecule has 0 aromatic rings. The lowest BCUT2D eigenvalue weighted by atomic mass is 9.88. The number of aliphatic hydroxyl groups excluding tert-OH is 1.